The fourth-order valence-electron chi connectivity index (χ4n) is 4.06. The van der Waals surface area contributed by atoms with Crippen LogP contribution < -0.4 is 14.2 Å². The Bertz CT molecular complexity index is 1270. The molecule has 11 heteroatoms. The number of pyridine rings is 1. The maximum Gasteiger partial charge on any atom is 0.387 e. The SMILES string of the molecule is COc1ncccc1S(=O)(=O)Nc1noc2c1CC1(CC1)c1ccc(OC(F)F)cc1-2. The van der Waals surface area contributed by atoms with Crippen LogP contribution in [0.2, 0.25) is 0 Å². The highest BCUT2D eigenvalue weighted by Crippen LogP contribution is 2.58. The van der Waals surface area contributed by atoms with Gasteiger partial charge in [-0.2, -0.15) is 8.78 Å². The maximum absolute atomic E-state index is 12.9. The van der Waals surface area contributed by atoms with E-state index >= 15 is 0 Å². The summed E-state index contributed by atoms with van der Waals surface area (Å²) in [5.41, 5.74) is 1.92. The fourth-order valence-corrected chi connectivity index (χ4v) is 5.21. The molecule has 2 aliphatic rings. The first-order valence-electron chi connectivity index (χ1n) is 9.43. The number of rotatable bonds is 6. The van der Waals surface area contributed by atoms with Crippen molar-refractivity contribution in [2.24, 2.45) is 0 Å². The third kappa shape index (κ3) is 3.29. The third-order valence-electron chi connectivity index (χ3n) is 5.64. The molecule has 2 heterocycles. The van der Waals surface area contributed by atoms with Crippen LogP contribution in [0.25, 0.3) is 11.3 Å². The average Bonchev–Trinajstić information content (AvgIpc) is 3.40. The molecule has 1 saturated carbocycles. The Morgan fingerprint density at radius 3 is 2.77 bits per heavy atom. The molecule has 1 spiro atoms. The summed E-state index contributed by atoms with van der Waals surface area (Å²) in [7, 11) is -2.74. The molecule has 0 amide bonds. The standard InChI is InChI=1S/C20H17F2N3O5S/c1-28-18-15(3-2-8-23-18)31(26,27)25-17-13-10-20(6-7-20)14-5-4-11(29-19(21)22)9-12(14)16(13)30-24-17/h2-5,8-9,19H,6-7,10H2,1H3,(H,24,25). The summed E-state index contributed by atoms with van der Waals surface area (Å²) in [4.78, 5) is 3.78. The van der Waals surface area contributed by atoms with Crippen LogP contribution in [0.3, 0.4) is 0 Å². The Morgan fingerprint density at radius 2 is 2.06 bits per heavy atom. The van der Waals surface area contributed by atoms with Gasteiger partial charge in [0.2, 0.25) is 5.88 Å². The molecule has 2 aliphatic carbocycles. The lowest BCUT2D eigenvalue weighted by Crippen LogP contribution is -2.20. The predicted octanol–water partition coefficient (Wildman–Crippen LogP) is 3.74. The number of aromatic nitrogens is 2. The number of nitrogens with one attached hydrogen (secondary N) is 1. The first kappa shape index (κ1) is 19.7. The van der Waals surface area contributed by atoms with Crippen LogP contribution in [0.1, 0.15) is 24.0 Å². The molecule has 0 aliphatic heterocycles. The number of sulfonamides is 1. The van der Waals surface area contributed by atoms with E-state index in [1.807, 2.05) is 0 Å². The Kier molecular flexibility index (Phi) is 4.40. The van der Waals surface area contributed by atoms with E-state index in [4.69, 9.17) is 9.26 Å². The molecular weight excluding hydrogens is 432 g/mol. The van der Waals surface area contributed by atoms with Crippen LogP contribution >= 0.6 is 0 Å². The first-order chi connectivity index (χ1) is 14.8. The number of fused-ring (bicyclic) bond motifs is 4. The molecule has 1 fully saturated rings. The zero-order chi connectivity index (χ0) is 21.8. The van der Waals surface area contributed by atoms with Gasteiger partial charge in [0, 0.05) is 22.7 Å². The van der Waals surface area contributed by atoms with Crippen molar-refractivity contribution in [1.29, 1.82) is 0 Å². The number of alkyl halides is 2. The van der Waals surface area contributed by atoms with Gasteiger partial charge in [-0.3, -0.25) is 4.72 Å². The van der Waals surface area contributed by atoms with Gasteiger partial charge in [-0.15, -0.1) is 0 Å². The second-order valence-electron chi connectivity index (χ2n) is 7.50. The smallest absolute Gasteiger partial charge is 0.387 e. The fraction of sp³-hybridized carbons (Fsp3) is 0.300. The van der Waals surface area contributed by atoms with Gasteiger partial charge in [-0.25, -0.2) is 13.4 Å². The van der Waals surface area contributed by atoms with E-state index in [-0.39, 0.29) is 27.8 Å². The Morgan fingerprint density at radius 1 is 1.26 bits per heavy atom. The Balaban J connectivity index is 1.56. The largest absolute Gasteiger partial charge is 0.480 e. The van der Waals surface area contributed by atoms with Gasteiger partial charge in [-0.05, 0) is 49.1 Å². The molecule has 8 nitrogen and oxygen atoms in total. The summed E-state index contributed by atoms with van der Waals surface area (Å²) in [5, 5.41) is 3.93. The second-order valence-corrected chi connectivity index (χ2v) is 9.15. The lowest BCUT2D eigenvalue weighted by molar-refractivity contribution is -0.0498. The zero-order valence-corrected chi connectivity index (χ0v) is 17.1. The average molecular weight is 449 g/mol. The molecule has 1 N–H and O–H groups in total. The van der Waals surface area contributed by atoms with Crippen LogP contribution in [0, 0.1) is 0 Å². The second kappa shape index (κ2) is 6.91. The number of hydrogen-bond acceptors (Lipinski definition) is 7. The first-order valence-corrected chi connectivity index (χ1v) is 10.9. The predicted molar refractivity (Wildman–Crippen MR) is 105 cm³/mol. The van der Waals surface area contributed by atoms with Gasteiger partial charge < -0.3 is 14.0 Å². The van der Waals surface area contributed by atoms with Crippen molar-refractivity contribution in [3.8, 4) is 23.0 Å². The van der Waals surface area contributed by atoms with Crippen LogP contribution in [0.4, 0.5) is 14.6 Å². The van der Waals surface area contributed by atoms with E-state index in [9.17, 15) is 17.2 Å². The van der Waals surface area contributed by atoms with Crippen molar-refractivity contribution >= 4 is 15.8 Å². The van der Waals surface area contributed by atoms with Crippen LogP contribution in [-0.2, 0) is 21.9 Å². The van der Waals surface area contributed by atoms with Gasteiger partial charge in [-0.1, -0.05) is 11.2 Å². The molecule has 1 aromatic carbocycles. The monoisotopic (exact) mass is 449 g/mol. The molecule has 2 aromatic heterocycles. The molecular formula is C20H17F2N3O5S. The quantitative estimate of drug-likeness (QED) is 0.611. The molecule has 0 unspecified atom stereocenters. The van der Waals surface area contributed by atoms with Crippen molar-refractivity contribution in [3.05, 3.63) is 47.7 Å². The van der Waals surface area contributed by atoms with Crippen LogP contribution in [0.5, 0.6) is 11.6 Å². The molecule has 0 bridgehead atoms. The molecule has 3 aromatic rings. The van der Waals surface area contributed by atoms with E-state index in [1.54, 1.807) is 6.07 Å². The number of ether oxygens (including phenoxy) is 2. The summed E-state index contributed by atoms with van der Waals surface area (Å²) in [5.74, 6) is 0.335. The summed E-state index contributed by atoms with van der Waals surface area (Å²) < 4.78 is 68.7. The lowest BCUT2D eigenvalue weighted by atomic mass is 9.79. The number of benzene rings is 1. The summed E-state index contributed by atoms with van der Waals surface area (Å²) >= 11 is 0. The number of halogens is 2. The highest BCUT2D eigenvalue weighted by Gasteiger charge is 2.50. The number of anilines is 1. The molecule has 0 saturated heterocycles. The van der Waals surface area contributed by atoms with Crippen molar-refractivity contribution in [1.82, 2.24) is 10.1 Å². The van der Waals surface area contributed by atoms with E-state index in [0.717, 1.165) is 18.4 Å². The molecule has 0 atom stereocenters. The molecule has 31 heavy (non-hydrogen) atoms. The van der Waals surface area contributed by atoms with E-state index < -0.39 is 16.6 Å². The highest BCUT2D eigenvalue weighted by atomic mass is 32.2. The van der Waals surface area contributed by atoms with Gasteiger partial charge in [0.1, 0.15) is 10.6 Å². The topological polar surface area (TPSA) is 104 Å². The van der Waals surface area contributed by atoms with Gasteiger partial charge in [0.15, 0.2) is 11.6 Å². The van der Waals surface area contributed by atoms with Crippen LogP contribution in [0.15, 0.2) is 45.9 Å². The van der Waals surface area contributed by atoms with E-state index in [1.165, 1.54) is 37.6 Å². The summed E-state index contributed by atoms with van der Waals surface area (Å²) in [6.45, 7) is -2.96. The normalized spacial score (nSPS) is 16.0. The van der Waals surface area contributed by atoms with E-state index in [0.29, 0.717) is 23.3 Å². The minimum Gasteiger partial charge on any atom is -0.480 e. The van der Waals surface area contributed by atoms with Gasteiger partial charge in [0.25, 0.3) is 10.0 Å². The lowest BCUT2D eigenvalue weighted by Gasteiger charge is -2.25. The Labute approximate surface area is 176 Å². The summed E-state index contributed by atoms with van der Waals surface area (Å²) in [6, 6.07) is 7.59. The number of nitrogens with zero attached hydrogens (tertiary/aromatic N) is 2. The number of methoxy groups -OCH3 is 1. The maximum atomic E-state index is 12.9. The molecule has 162 valence electrons. The zero-order valence-electron chi connectivity index (χ0n) is 16.3. The van der Waals surface area contributed by atoms with Crippen molar-refractivity contribution < 1.29 is 31.2 Å². The third-order valence-corrected chi connectivity index (χ3v) is 6.99. The minimum absolute atomic E-state index is 0.00368. The Hall–Kier alpha value is -3.21. The van der Waals surface area contributed by atoms with Crippen molar-refractivity contribution in [2.75, 3.05) is 11.8 Å². The van der Waals surface area contributed by atoms with Gasteiger partial charge in [0.05, 0.1) is 7.11 Å². The van der Waals surface area contributed by atoms with E-state index in [2.05, 4.69) is 19.6 Å². The van der Waals surface area contributed by atoms with Crippen molar-refractivity contribution in [2.45, 2.75) is 36.2 Å². The van der Waals surface area contributed by atoms with Crippen LogP contribution in [-0.4, -0.2) is 32.3 Å². The number of hydrogen-bond donors (Lipinski definition) is 1. The molecule has 0 radical (unpaired) electrons. The van der Waals surface area contributed by atoms with Crippen molar-refractivity contribution in [3.63, 3.8) is 0 Å². The molecule has 5 rings (SSSR count). The minimum atomic E-state index is -4.06. The highest BCUT2D eigenvalue weighted by molar-refractivity contribution is 7.92. The van der Waals surface area contributed by atoms with Gasteiger partial charge >= 0.3 is 6.61 Å². The summed E-state index contributed by atoms with van der Waals surface area (Å²) in [6.07, 6.45) is 3.73.